The molecule has 0 unspecified atom stereocenters. The van der Waals surface area contributed by atoms with E-state index in [1.807, 2.05) is 24.3 Å². The Balaban J connectivity index is 1.66. The Hall–Kier alpha value is -3.34. The molecule has 0 saturated carbocycles. The molecule has 1 heterocycles. The zero-order valence-corrected chi connectivity index (χ0v) is 22.6. The van der Waals surface area contributed by atoms with E-state index in [1.54, 1.807) is 0 Å². The Morgan fingerprint density at radius 3 is 2.13 bits per heavy atom. The van der Waals surface area contributed by atoms with Crippen LogP contribution >= 0.6 is 11.8 Å². The number of benzene rings is 2. The first-order valence-corrected chi connectivity index (χ1v) is 12.6. The zero-order chi connectivity index (χ0) is 28.3. The van der Waals surface area contributed by atoms with Gasteiger partial charge in [-0.05, 0) is 54.7 Å². The number of aliphatic carboxylic acids is 1. The van der Waals surface area contributed by atoms with Crippen molar-refractivity contribution in [3.63, 3.8) is 0 Å². The number of carbonyl (C=O) groups excluding carboxylic acids is 1. The van der Waals surface area contributed by atoms with E-state index in [0.717, 1.165) is 22.9 Å². The molecule has 0 radical (unpaired) electrons. The summed E-state index contributed by atoms with van der Waals surface area (Å²) in [5.74, 6) is -2.16. The normalized spacial score (nSPS) is 13.3. The molecule has 1 N–H and O–H groups in total. The summed E-state index contributed by atoms with van der Waals surface area (Å²) in [6.45, 7) is 9.69. The number of nitrogens with zero attached hydrogens (tertiary/aromatic N) is 3. The maximum atomic E-state index is 13.7. The van der Waals surface area contributed by atoms with Crippen molar-refractivity contribution in [2.45, 2.75) is 74.9 Å². The molecule has 11 heteroatoms. The highest BCUT2D eigenvalue weighted by Crippen LogP contribution is 2.33. The van der Waals surface area contributed by atoms with Gasteiger partial charge >= 0.3 is 18.1 Å². The summed E-state index contributed by atoms with van der Waals surface area (Å²) >= 11 is 1.05. The topological polar surface area (TPSA) is 94.3 Å². The molecule has 7 nitrogen and oxygen atoms in total. The Labute approximate surface area is 223 Å². The van der Waals surface area contributed by atoms with Gasteiger partial charge in [0.2, 0.25) is 6.10 Å². The number of aromatic nitrogens is 3. The van der Waals surface area contributed by atoms with Crippen LogP contribution in [0.15, 0.2) is 59.6 Å². The van der Waals surface area contributed by atoms with Crippen molar-refractivity contribution in [1.29, 1.82) is 0 Å². The molecule has 0 spiro atoms. The standard InChI is InChI=1S/C27H30F3N3O4S/c1-25(2,3)19-10-6-17(7-11-19)15-33-16-20(31-32-33)14-22(27(28,29)30)37-23(34)18-8-12-21(13-9-18)38-26(4,5)24(35)36/h6-13,16,22H,14-15H2,1-5H3,(H,35,36)/t22-/m0/s1. The first kappa shape index (κ1) is 29.2. The molecule has 2 aromatic carbocycles. The van der Waals surface area contributed by atoms with Crippen molar-refractivity contribution in [3.05, 3.63) is 77.1 Å². The van der Waals surface area contributed by atoms with Crippen LogP contribution in [0.4, 0.5) is 13.2 Å². The lowest BCUT2D eigenvalue weighted by Gasteiger charge is -2.20. The van der Waals surface area contributed by atoms with Gasteiger partial charge in [-0.3, -0.25) is 4.79 Å². The lowest BCUT2D eigenvalue weighted by atomic mass is 9.87. The van der Waals surface area contributed by atoms with Crippen molar-refractivity contribution in [1.82, 2.24) is 15.0 Å². The maximum absolute atomic E-state index is 13.7. The second kappa shape index (κ2) is 11.2. The van der Waals surface area contributed by atoms with Gasteiger partial charge in [0.05, 0.1) is 17.8 Å². The maximum Gasteiger partial charge on any atom is 0.425 e. The number of ether oxygens (including phenoxy) is 1. The third kappa shape index (κ3) is 7.83. The third-order valence-electron chi connectivity index (χ3n) is 5.74. The third-order valence-corrected chi connectivity index (χ3v) is 6.93. The highest BCUT2D eigenvalue weighted by Gasteiger charge is 2.43. The van der Waals surface area contributed by atoms with Crippen LogP contribution in [0.5, 0.6) is 0 Å². The average Bonchev–Trinajstić information content (AvgIpc) is 3.24. The van der Waals surface area contributed by atoms with E-state index in [0.29, 0.717) is 11.4 Å². The number of halogens is 3. The number of carbonyl (C=O) groups is 2. The first-order valence-electron chi connectivity index (χ1n) is 11.8. The van der Waals surface area contributed by atoms with Crippen LogP contribution in [0.2, 0.25) is 0 Å². The fourth-order valence-electron chi connectivity index (χ4n) is 3.42. The van der Waals surface area contributed by atoms with Crippen molar-refractivity contribution >= 4 is 23.7 Å². The van der Waals surface area contributed by atoms with Crippen molar-refractivity contribution in [2.75, 3.05) is 0 Å². The van der Waals surface area contributed by atoms with E-state index in [-0.39, 0.29) is 16.7 Å². The number of carboxylic acid groups (broad SMARTS) is 1. The molecule has 3 rings (SSSR count). The quantitative estimate of drug-likeness (QED) is 0.262. The summed E-state index contributed by atoms with van der Waals surface area (Å²) in [6.07, 6.45) is -6.51. The molecule has 1 aromatic heterocycles. The number of rotatable bonds is 9. The van der Waals surface area contributed by atoms with Gasteiger partial charge in [0.25, 0.3) is 0 Å². The minimum absolute atomic E-state index is 0.00125. The van der Waals surface area contributed by atoms with Gasteiger partial charge in [-0.25, -0.2) is 9.48 Å². The molecule has 0 bridgehead atoms. The lowest BCUT2D eigenvalue weighted by Crippen LogP contribution is -2.36. The predicted octanol–water partition coefficient (Wildman–Crippen LogP) is 5.91. The molecule has 0 saturated heterocycles. The van der Waals surface area contributed by atoms with E-state index in [2.05, 4.69) is 31.1 Å². The number of hydrogen-bond donors (Lipinski definition) is 1. The second-order valence-electron chi connectivity index (χ2n) is 10.4. The largest absolute Gasteiger partial charge is 0.480 e. The number of hydrogen-bond acceptors (Lipinski definition) is 6. The van der Waals surface area contributed by atoms with Crippen molar-refractivity contribution in [2.24, 2.45) is 0 Å². The first-order chi connectivity index (χ1) is 17.5. The van der Waals surface area contributed by atoms with Crippen LogP contribution in [0, 0.1) is 0 Å². The van der Waals surface area contributed by atoms with Crippen LogP contribution in [0.3, 0.4) is 0 Å². The second-order valence-corrected chi connectivity index (χ2v) is 12.1. The minimum Gasteiger partial charge on any atom is -0.480 e. The van der Waals surface area contributed by atoms with E-state index in [1.165, 1.54) is 49.0 Å². The Kier molecular flexibility index (Phi) is 8.60. The molecule has 0 aliphatic rings. The Morgan fingerprint density at radius 2 is 1.61 bits per heavy atom. The van der Waals surface area contributed by atoms with Crippen LogP contribution in [-0.2, 0) is 27.9 Å². The van der Waals surface area contributed by atoms with Gasteiger partial charge in [0.15, 0.2) is 0 Å². The summed E-state index contributed by atoms with van der Waals surface area (Å²) in [4.78, 5) is 24.3. The van der Waals surface area contributed by atoms with Gasteiger partial charge in [0, 0.05) is 17.5 Å². The highest BCUT2D eigenvalue weighted by atomic mass is 32.2. The number of carboxylic acids is 1. The molecular weight excluding hydrogens is 519 g/mol. The van der Waals surface area contributed by atoms with Crippen molar-refractivity contribution < 1.29 is 32.6 Å². The molecule has 0 aliphatic heterocycles. The van der Waals surface area contributed by atoms with Crippen LogP contribution < -0.4 is 0 Å². The molecule has 38 heavy (non-hydrogen) atoms. The fourth-order valence-corrected chi connectivity index (χ4v) is 4.36. The van der Waals surface area contributed by atoms with Crippen LogP contribution in [0.25, 0.3) is 0 Å². The molecule has 0 aliphatic carbocycles. The Bertz CT molecular complexity index is 1260. The monoisotopic (exact) mass is 549 g/mol. The van der Waals surface area contributed by atoms with E-state index >= 15 is 0 Å². The van der Waals surface area contributed by atoms with E-state index in [4.69, 9.17) is 4.74 Å². The molecular formula is C27H30F3N3O4S. The van der Waals surface area contributed by atoms with Gasteiger partial charge in [0.1, 0.15) is 4.75 Å². The molecule has 204 valence electrons. The van der Waals surface area contributed by atoms with Gasteiger partial charge in [-0.15, -0.1) is 16.9 Å². The summed E-state index contributed by atoms with van der Waals surface area (Å²) < 4.78 is 46.2. The summed E-state index contributed by atoms with van der Waals surface area (Å²) in [7, 11) is 0. The molecule has 1 atom stereocenters. The lowest BCUT2D eigenvalue weighted by molar-refractivity contribution is -0.204. The van der Waals surface area contributed by atoms with Gasteiger partial charge in [-0.2, -0.15) is 13.2 Å². The number of thioether (sulfide) groups is 1. The van der Waals surface area contributed by atoms with Crippen molar-refractivity contribution in [3.8, 4) is 0 Å². The smallest absolute Gasteiger partial charge is 0.425 e. The Morgan fingerprint density at radius 1 is 1.00 bits per heavy atom. The molecule has 0 amide bonds. The summed E-state index contributed by atoms with van der Waals surface area (Å²) in [6, 6.07) is 13.4. The van der Waals surface area contributed by atoms with Gasteiger partial charge in [-0.1, -0.05) is 50.3 Å². The highest BCUT2D eigenvalue weighted by molar-refractivity contribution is 8.01. The van der Waals surface area contributed by atoms with E-state index < -0.39 is 35.4 Å². The minimum atomic E-state index is -4.82. The number of alkyl halides is 3. The average molecular weight is 550 g/mol. The van der Waals surface area contributed by atoms with Crippen LogP contribution in [-0.4, -0.2) is 49.1 Å². The van der Waals surface area contributed by atoms with E-state index in [9.17, 15) is 27.9 Å². The summed E-state index contributed by atoms with van der Waals surface area (Å²) in [5, 5.41) is 17.0. The summed E-state index contributed by atoms with van der Waals surface area (Å²) in [5.41, 5.74) is 2.03. The number of esters is 1. The zero-order valence-electron chi connectivity index (χ0n) is 21.7. The predicted molar refractivity (Wildman–Crippen MR) is 137 cm³/mol. The fraction of sp³-hybridized carbons (Fsp3) is 0.407. The van der Waals surface area contributed by atoms with Gasteiger partial charge < -0.3 is 9.84 Å². The van der Waals surface area contributed by atoms with Crippen LogP contribution in [0.1, 0.15) is 61.8 Å². The molecule has 0 fully saturated rings. The SMILES string of the molecule is CC(C)(Sc1ccc(C(=O)O[C@@H](Cc2cn(Cc3ccc(C(C)(C)C)cc3)nn2)C(F)(F)F)cc1)C(=O)O. The molecule has 3 aromatic rings.